The maximum atomic E-state index is 11.1. The Morgan fingerprint density at radius 2 is 2.38 bits per heavy atom. The lowest BCUT2D eigenvalue weighted by molar-refractivity contribution is -0.121. The molecule has 0 heterocycles. The topological polar surface area (TPSA) is 32.3 Å². The van der Waals surface area contributed by atoms with Crippen LogP contribution in [-0.4, -0.2) is 31.4 Å². The zero-order chi connectivity index (χ0) is 9.68. The van der Waals surface area contributed by atoms with Gasteiger partial charge in [-0.15, -0.1) is 0 Å². The molecule has 0 bridgehead atoms. The summed E-state index contributed by atoms with van der Waals surface area (Å²) in [5, 5.41) is 2.60. The number of nitrogens with zero attached hydrogens (tertiary/aromatic N) is 1. The average molecular weight is 180 g/mol. The van der Waals surface area contributed by atoms with E-state index in [1.807, 2.05) is 11.9 Å². The third-order valence-corrected chi connectivity index (χ3v) is 2.08. The van der Waals surface area contributed by atoms with Crippen LogP contribution in [0.5, 0.6) is 0 Å². The number of hydrogen-bond acceptors (Lipinski definition) is 2. The summed E-state index contributed by atoms with van der Waals surface area (Å²) in [5.41, 5.74) is 1.13. The first kappa shape index (κ1) is 9.84. The number of allylic oxidation sites excluding steroid dienone is 3. The lowest BCUT2D eigenvalue weighted by atomic mass is 10.1. The summed E-state index contributed by atoms with van der Waals surface area (Å²) < 4.78 is 0. The molecule has 0 unspecified atom stereocenters. The molecule has 0 aromatic carbocycles. The maximum absolute atomic E-state index is 11.1. The first-order chi connectivity index (χ1) is 6.24. The van der Waals surface area contributed by atoms with Crippen LogP contribution < -0.4 is 5.32 Å². The van der Waals surface area contributed by atoms with Gasteiger partial charge in [0.15, 0.2) is 0 Å². The molecule has 72 valence electrons. The van der Waals surface area contributed by atoms with Crippen molar-refractivity contribution in [2.24, 2.45) is 0 Å². The summed E-state index contributed by atoms with van der Waals surface area (Å²) >= 11 is 0. The summed E-state index contributed by atoms with van der Waals surface area (Å²) in [6, 6.07) is 0. The van der Waals surface area contributed by atoms with Crippen LogP contribution >= 0.6 is 0 Å². The summed E-state index contributed by atoms with van der Waals surface area (Å²) in [7, 11) is 3.58. The van der Waals surface area contributed by atoms with Crippen LogP contribution in [0.15, 0.2) is 23.9 Å². The predicted octanol–water partition coefficient (Wildman–Crippen LogP) is 0.898. The van der Waals surface area contributed by atoms with Crippen LogP contribution in [-0.2, 0) is 4.79 Å². The zero-order valence-corrected chi connectivity index (χ0v) is 8.21. The number of rotatable bonds is 3. The molecule has 0 saturated carbocycles. The van der Waals surface area contributed by atoms with E-state index in [9.17, 15) is 4.79 Å². The summed E-state index contributed by atoms with van der Waals surface area (Å²) in [5.74, 6) is 0.0439. The molecule has 0 aromatic heterocycles. The highest BCUT2D eigenvalue weighted by Crippen LogP contribution is 2.11. The molecule has 0 atom stereocenters. The van der Waals surface area contributed by atoms with Gasteiger partial charge in [0.25, 0.3) is 0 Å². The van der Waals surface area contributed by atoms with Gasteiger partial charge in [-0.05, 0) is 18.9 Å². The molecule has 0 fully saturated rings. The number of carbonyl (C=O) groups excluding carboxylic acids is 1. The van der Waals surface area contributed by atoms with Gasteiger partial charge in [-0.3, -0.25) is 4.79 Å². The minimum atomic E-state index is 0.0439. The van der Waals surface area contributed by atoms with Crippen LogP contribution in [0.3, 0.4) is 0 Å². The smallest absolute Gasteiger partial charge is 0.239 e. The predicted molar refractivity (Wildman–Crippen MR) is 53.2 cm³/mol. The molecule has 1 aliphatic carbocycles. The summed E-state index contributed by atoms with van der Waals surface area (Å²) in [6.07, 6.45) is 8.53. The lowest BCUT2D eigenvalue weighted by Crippen LogP contribution is -2.32. The fourth-order valence-electron chi connectivity index (χ4n) is 1.27. The Morgan fingerprint density at radius 1 is 1.62 bits per heavy atom. The summed E-state index contributed by atoms with van der Waals surface area (Å²) in [6.45, 7) is 0.423. The molecule has 0 spiro atoms. The van der Waals surface area contributed by atoms with Crippen molar-refractivity contribution >= 4 is 5.91 Å². The molecule has 13 heavy (non-hydrogen) atoms. The maximum Gasteiger partial charge on any atom is 0.239 e. The second-order valence-electron chi connectivity index (χ2n) is 3.14. The van der Waals surface area contributed by atoms with Crippen LogP contribution in [0.1, 0.15) is 12.8 Å². The van der Waals surface area contributed by atoms with Gasteiger partial charge in [0, 0.05) is 19.8 Å². The molecule has 0 saturated heterocycles. The van der Waals surface area contributed by atoms with E-state index in [2.05, 4.69) is 23.5 Å². The Bertz CT molecular complexity index is 243. The van der Waals surface area contributed by atoms with Gasteiger partial charge in [0.05, 0.1) is 6.54 Å². The highest BCUT2D eigenvalue weighted by molar-refractivity contribution is 5.77. The Hall–Kier alpha value is -1.25. The molecule has 1 rings (SSSR count). The van der Waals surface area contributed by atoms with Crippen molar-refractivity contribution in [1.29, 1.82) is 0 Å². The standard InChI is InChI=1S/C10H16N2O/c1-11-10(13)8-12(2)9-6-4-3-5-7-9/h4,6-7H,3,5,8H2,1-2H3,(H,11,13). The van der Waals surface area contributed by atoms with Gasteiger partial charge < -0.3 is 10.2 Å². The third kappa shape index (κ3) is 2.93. The van der Waals surface area contributed by atoms with Gasteiger partial charge in [-0.25, -0.2) is 0 Å². The van der Waals surface area contributed by atoms with Crippen molar-refractivity contribution in [1.82, 2.24) is 10.2 Å². The molecule has 1 N–H and O–H groups in total. The average Bonchev–Trinajstić information content (AvgIpc) is 2.19. The van der Waals surface area contributed by atoms with E-state index >= 15 is 0 Å². The van der Waals surface area contributed by atoms with Crippen molar-refractivity contribution in [3.05, 3.63) is 23.9 Å². The minimum Gasteiger partial charge on any atom is -0.366 e. The van der Waals surface area contributed by atoms with E-state index in [0.29, 0.717) is 6.54 Å². The molecule has 3 heteroatoms. The van der Waals surface area contributed by atoms with Crippen LogP contribution in [0.25, 0.3) is 0 Å². The van der Waals surface area contributed by atoms with Crippen molar-refractivity contribution in [3.63, 3.8) is 0 Å². The quantitative estimate of drug-likeness (QED) is 0.699. The number of hydrogen-bond donors (Lipinski definition) is 1. The first-order valence-electron chi connectivity index (χ1n) is 4.52. The molecule has 0 radical (unpaired) electrons. The molecule has 1 amide bonds. The van der Waals surface area contributed by atoms with E-state index in [0.717, 1.165) is 18.5 Å². The van der Waals surface area contributed by atoms with Gasteiger partial charge in [0.2, 0.25) is 5.91 Å². The highest BCUT2D eigenvalue weighted by Gasteiger charge is 2.06. The van der Waals surface area contributed by atoms with Gasteiger partial charge in [-0.1, -0.05) is 12.2 Å². The number of likely N-dealkylation sites (N-methyl/N-ethyl adjacent to an activating group) is 2. The van der Waals surface area contributed by atoms with Crippen LogP contribution in [0, 0.1) is 0 Å². The fourth-order valence-corrected chi connectivity index (χ4v) is 1.27. The van der Waals surface area contributed by atoms with E-state index in [-0.39, 0.29) is 5.91 Å². The van der Waals surface area contributed by atoms with E-state index in [1.54, 1.807) is 7.05 Å². The molecule has 3 nitrogen and oxygen atoms in total. The number of amides is 1. The van der Waals surface area contributed by atoms with Crippen molar-refractivity contribution in [2.45, 2.75) is 12.8 Å². The second-order valence-corrected chi connectivity index (χ2v) is 3.14. The first-order valence-corrected chi connectivity index (χ1v) is 4.52. The molecular weight excluding hydrogens is 164 g/mol. The summed E-state index contributed by atoms with van der Waals surface area (Å²) in [4.78, 5) is 13.0. The van der Waals surface area contributed by atoms with E-state index in [4.69, 9.17) is 0 Å². The molecule has 0 aliphatic heterocycles. The number of nitrogens with one attached hydrogen (secondary N) is 1. The van der Waals surface area contributed by atoms with Crippen LogP contribution in [0.4, 0.5) is 0 Å². The van der Waals surface area contributed by atoms with Gasteiger partial charge >= 0.3 is 0 Å². The minimum absolute atomic E-state index is 0.0439. The van der Waals surface area contributed by atoms with Crippen molar-refractivity contribution in [2.75, 3.05) is 20.6 Å². The lowest BCUT2D eigenvalue weighted by Gasteiger charge is -2.20. The van der Waals surface area contributed by atoms with Gasteiger partial charge in [-0.2, -0.15) is 0 Å². The highest BCUT2D eigenvalue weighted by atomic mass is 16.1. The van der Waals surface area contributed by atoms with E-state index in [1.165, 1.54) is 0 Å². The van der Waals surface area contributed by atoms with Crippen molar-refractivity contribution < 1.29 is 4.79 Å². The molecular formula is C10H16N2O. The fraction of sp³-hybridized carbons (Fsp3) is 0.500. The molecule has 0 aromatic rings. The zero-order valence-electron chi connectivity index (χ0n) is 8.21. The Kier molecular flexibility index (Phi) is 3.55. The Morgan fingerprint density at radius 3 is 2.92 bits per heavy atom. The monoisotopic (exact) mass is 180 g/mol. The molecule has 1 aliphatic rings. The van der Waals surface area contributed by atoms with Crippen LogP contribution in [0.2, 0.25) is 0 Å². The second kappa shape index (κ2) is 4.70. The normalized spacial score (nSPS) is 15.1. The van der Waals surface area contributed by atoms with Crippen molar-refractivity contribution in [3.8, 4) is 0 Å². The number of carbonyl (C=O) groups is 1. The Balaban J connectivity index is 2.47. The SMILES string of the molecule is CNC(=O)CN(C)C1=CCCC=C1. The largest absolute Gasteiger partial charge is 0.366 e. The Labute approximate surface area is 79.1 Å². The third-order valence-electron chi connectivity index (χ3n) is 2.08. The van der Waals surface area contributed by atoms with Gasteiger partial charge in [0.1, 0.15) is 0 Å². The van der Waals surface area contributed by atoms with E-state index < -0.39 is 0 Å².